The third-order valence-electron chi connectivity index (χ3n) is 7.83. The number of rotatable bonds is 5. The van der Waals surface area contributed by atoms with Crippen molar-refractivity contribution in [3.05, 3.63) is 88.2 Å². The monoisotopic (exact) mass is 584 g/mol. The van der Waals surface area contributed by atoms with Crippen LogP contribution >= 0.6 is 11.6 Å². The molecular formula is C30H34ClFN4O3S. The number of hydrogen-bond acceptors (Lipinski definition) is 5. The zero-order valence-electron chi connectivity index (χ0n) is 23.0. The molecule has 0 spiro atoms. The van der Waals surface area contributed by atoms with Gasteiger partial charge in [-0.3, -0.25) is 4.79 Å². The van der Waals surface area contributed by atoms with E-state index in [-0.39, 0.29) is 29.7 Å². The molecule has 7 nitrogen and oxygen atoms in total. The molecule has 212 valence electrons. The topological polar surface area (TPSA) is 64.2 Å². The number of carbonyl (C=O) groups excluding carboxylic acids is 1. The van der Waals surface area contributed by atoms with Gasteiger partial charge < -0.3 is 14.7 Å². The highest BCUT2D eigenvalue weighted by molar-refractivity contribution is 7.89. The van der Waals surface area contributed by atoms with Gasteiger partial charge in [0.15, 0.2) is 0 Å². The van der Waals surface area contributed by atoms with E-state index >= 15 is 0 Å². The minimum absolute atomic E-state index is 0.0122. The zero-order chi connectivity index (χ0) is 28.6. The van der Waals surface area contributed by atoms with Gasteiger partial charge in [-0.1, -0.05) is 29.8 Å². The number of anilines is 2. The number of halogens is 2. The molecule has 1 atom stereocenters. The smallest absolute Gasteiger partial charge is 0.246 e. The first-order valence-electron chi connectivity index (χ1n) is 13.4. The lowest BCUT2D eigenvalue weighted by Crippen LogP contribution is -2.62. The van der Waals surface area contributed by atoms with Crippen LogP contribution in [0.1, 0.15) is 16.7 Å². The van der Waals surface area contributed by atoms with E-state index < -0.39 is 16.1 Å². The number of hydrogen-bond donors (Lipinski definition) is 0. The van der Waals surface area contributed by atoms with Crippen molar-refractivity contribution < 1.29 is 17.6 Å². The molecule has 2 fully saturated rings. The van der Waals surface area contributed by atoms with E-state index in [4.69, 9.17) is 11.6 Å². The standard InChI is InChI=1S/C30H34ClFN4O3S/c1-21-7-8-22(2)28(17-21)33-11-13-34(14-12-33)30(37)29-20-35(40(38,39)26-6-4-5-24(31)19-26)15-16-36(29)27-10-9-25(32)18-23(27)3/h4-10,17-19,29H,11-16,20H2,1-3H3. The summed E-state index contributed by atoms with van der Waals surface area (Å²) < 4.78 is 42.4. The largest absolute Gasteiger partial charge is 0.368 e. The molecule has 1 unspecified atom stereocenters. The van der Waals surface area contributed by atoms with E-state index in [1.54, 1.807) is 25.1 Å². The molecule has 0 N–H and O–H groups in total. The Kier molecular flexibility index (Phi) is 8.08. The second-order valence-electron chi connectivity index (χ2n) is 10.6. The Morgan fingerprint density at radius 2 is 1.60 bits per heavy atom. The van der Waals surface area contributed by atoms with Crippen LogP contribution in [0.3, 0.4) is 0 Å². The van der Waals surface area contributed by atoms with Crippen molar-refractivity contribution in [3.63, 3.8) is 0 Å². The Morgan fingerprint density at radius 3 is 2.30 bits per heavy atom. The lowest BCUT2D eigenvalue weighted by molar-refractivity contribution is -0.133. The fourth-order valence-electron chi connectivity index (χ4n) is 5.63. The molecule has 5 rings (SSSR count). The van der Waals surface area contributed by atoms with Crippen LogP contribution in [0.15, 0.2) is 65.6 Å². The summed E-state index contributed by atoms with van der Waals surface area (Å²) in [7, 11) is -3.87. The Labute approximate surface area is 240 Å². The van der Waals surface area contributed by atoms with Crippen molar-refractivity contribution in [3.8, 4) is 0 Å². The van der Waals surface area contributed by atoms with Crippen LogP contribution in [0.4, 0.5) is 15.8 Å². The van der Waals surface area contributed by atoms with Crippen molar-refractivity contribution in [1.82, 2.24) is 9.21 Å². The van der Waals surface area contributed by atoms with Gasteiger partial charge in [0, 0.05) is 62.2 Å². The first kappa shape index (κ1) is 28.4. The van der Waals surface area contributed by atoms with Gasteiger partial charge in [0.2, 0.25) is 15.9 Å². The first-order chi connectivity index (χ1) is 19.0. The van der Waals surface area contributed by atoms with Gasteiger partial charge in [-0.25, -0.2) is 12.8 Å². The minimum atomic E-state index is -3.87. The van der Waals surface area contributed by atoms with E-state index in [0.717, 1.165) is 5.69 Å². The second kappa shape index (κ2) is 11.4. The third-order valence-corrected chi connectivity index (χ3v) is 9.92. The summed E-state index contributed by atoms with van der Waals surface area (Å²) in [6.07, 6.45) is 0. The average Bonchev–Trinajstić information content (AvgIpc) is 2.94. The molecule has 3 aromatic rings. The maximum Gasteiger partial charge on any atom is 0.246 e. The molecule has 2 saturated heterocycles. The van der Waals surface area contributed by atoms with Gasteiger partial charge in [0.25, 0.3) is 0 Å². The van der Waals surface area contributed by atoms with Crippen LogP contribution in [0.25, 0.3) is 0 Å². The predicted octanol–water partition coefficient (Wildman–Crippen LogP) is 4.63. The number of aryl methyl sites for hydroxylation is 3. The van der Waals surface area contributed by atoms with E-state index in [9.17, 15) is 17.6 Å². The highest BCUT2D eigenvalue weighted by Crippen LogP contribution is 2.30. The second-order valence-corrected chi connectivity index (χ2v) is 12.9. The summed E-state index contributed by atoms with van der Waals surface area (Å²) >= 11 is 6.09. The molecule has 2 aliphatic heterocycles. The maximum absolute atomic E-state index is 14.1. The number of nitrogens with zero attached hydrogens (tertiary/aromatic N) is 4. The number of carbonyl (C=O) groups is 1. The predicted molar refractivity (Wildman–Crippen MR) is 157 cm³/mol. The van der Waals surface area contributed by atoms with Crippen molar-refractivity contribution in [2.24, 2.45) is 0 Å². The maximum atomic E-state index is 14.1. The van der Waals surface area contributed by atoms with E-state index in [1.807, 2.05) is 9.80 Å². The van der Waals surface area contributed by atoms with Crippen molar-refractivity contribution >= 4 is 38.9 Å². The Balaban J connectivity index is 1.40. The first-order valence-corrected chi connectivity index (χ1v) is 15.3. The molecule has 0 aromatic heterocycles. The fraction of sp³-hybridized carbons (Fsp3) is 0.367. The van der Waals surface area contributed by atoms with Gasteiger partial charge in [-0.05, 0) is 79.9 Å². The number of piperazine rings is 2. The Morgan fingerprint density at radius 1 is 0.850 bits per heavy atom. The van der Waals surface area contributed by atoms with Crippen molar-refractivity contribution in [2.45, 2.75) is 31.7 Å². The van der Waals surface area contributed by atoms with Crippen LogP contribution in [0, 0.1) is 26.6 Å². The molecule has 0 bridgehead atoms. The molecule has 40 heavy (non-hydrogen) atoms. The normalized spacial score (nSPS) is 18.7. The number of amides is 1. The van der Waals surface area contributed by atoms with Crippen LogP contribution in [0.2, 0.25) is 5.02 Å². The van der Waals surface area contributed by atoms with Crippen LogP contribution in [0.5, 0.6) is 0 Å². The summed E-state index contributed by atoms with van der Waals surface area (Å²) in [6, 6.07) is 16.3. The summed E-state index contributed by atoms with van der Waals surface area (Å²) in [5.41, 5.74) is 4.98. The quantitative estimate of drug-likeness (QED) is 0.437. The van der Waals surface area contributed by atoms with Crippen LogP contribution in [-0.4, -0.2) is 75.4 Å². The third kappa shape index (κ3) is 5.68. The molecule has 1 amide bonds. The summed E-state index contributed by atoms with van der Waals surface area (Å²) in [5, 5.41) is 0.330. The van der Waals surface area contributed by atoms with Gasteiger partial charge >= 0.3 is 0 Å². The zero-order valence-corrected chi connectivity index (χ0v) is 24.6. The molecule has 3 aromatic carbocycles. The molecule has 2 aliphatic rings. The molecule has 10 heteroatoms. The molecule has 0 aliphatic carbocycles. The van der Waals surface area contributed by atoms with E-state index in [0.29, 0.717) is 43.3 Å². The molecule has 2 heterocycles. The Hall–Kier alpha value is -3.14. The lowest BCUT2D eigenvalue weighted by atomic mass is 10.1. The van der Waals surface area contributed by atoms with E-state index in [2.05, 4.69) is 36.9 Å². The molecular weight excluding hydrogens is 551 g/mol. The number of sulfonamides is 1. The lowest BCUT2D eigenvalue weighted by Gasteiger charge is -2.45. The van der Waals surface area contributed by atoms with Gasteiger partial charge in [-0.2, -0.15) is 4.31 Å². The van der Waals surface area contributed by atoms with Crippen LogP contribution in [-0.2, 0) is 14.8 Å². The van der Waals surface area contributed by atoms with E-state index in [1.165, 1.54) is 45.4 Å². The summed E-state index contributed by atoms with van der Waals surface area (Å²) in [5.74, 6) is -0.482. The highest BCUT2D eigenvalue weighted by atomic mass is 35.5. The van der Waals surface area contributed by atoms with Crippen LogP contribution < -0.4 is 9.80 Å². The van der Waals surface area contributed by atoms with Crippen molar-refractivity contribution in [1.29, 1.82) is 0 Å². The SMILES string of the molecule is Cc1ccc(C)c(N2CCN(C(=O)C3CN(S(=O)(=O)c4cccc(Cl)c4)CCN3c3ccc(F)cc3C)CC2)c1. The van der Waals surface area contributed by atoms with Gasteiger partial charge in [0.1, 0.15) is 11.9 Å². The highest BCUT2D eigenvalue weighted by Gasteiger charge is 2.40. The fourth-order valence-corrected chi connectivity index (χ4v) is 7.37. The van der Waals surface area contributed by atoms with Gasteiger partial charge in [0.05, 0.1) is 4.90 Å². The summed E-state index contributed by atoms with van der Waals surface area (Å²) in [6.45, 7) is 8.86. The number of benzene rings is 3. The Bertz CT molecular complexity index is 1530. The molecule has 0 radical (unpaired) electrons. The molecule has 0 saturated carbocycles. The minimum Gasteiger partial charge on any atom is -0.368 e. The van der Waals surface area contributed by atoms with Crippen molar-refractivity contribution in [2.75, 3.05) is 55.6 Å². The summed E-state index contributed by atoms with van der Waals surface area (Å²) in [4.78, 5) is 20.2. The average molecular weight is 585 g/mol. The van der Waals surface area contributed by atoms with Gasteiger partial charge in [-0.15, -0.1) is 0 Å².